The number of imidazole rings is 1. The molecule has 5 rings (SSSR count). The minimum Gasteiger partial charge on any atom is -0.488 e. The number of halogens is 4. The molecule has 0 fully saturated rings. The lowest BCUT2D eigenvalue weighted by molar-refractivity contribution is 0.0600. The lowest BCUT2D eigenvalue weighted by Gasteiger charge is -2.15. The van der Waals surface area contributed by atoms with E-state index in [-0.39, 0.29) is 6.61 Å². The van der Waals surface area contributed by atoms with Crippen molar-refractivity contribution in [1.29, 1.82) is 0 Å². The first-order valence-electron chi connectivity index (χ1n) is 11.5. The third kappa shape index (κ3) is 5.35. The standard InChI is InChI=1S/C29H20Cl2F2N2O3/c1-37-29(36)19-7-5-17(6-8-19)16-38-27-12-21(31)9-10-22(27)28-34-25-13-23(32)24(33)14-26(25)35(28)15-18-3-2-4-20(30)11-18/h2-14H,15-16H2,1H3. The molecule has 0 saturated carbocycles. The van der Waals surface area contributed by atoms with Gasteiger partial charge in [-0.1, -0.05) is 47.5 Å². The number of ether oxygens (including phenoxy) is 2. The third-order valence-corrected chi connectivity index (χ3v) is 6.44. The van der Waals surface area contributed by atoms with Gasteiger partial charge in [0, 0.05) is 28.7 Å². The van der Waals surface area contributed by atoms with Gasteiger partial charge in [0.1, 0.15) is 18.2 Å². The first-order valence-corrected chi connectivity index (χ1v) is 12.3. The predicted molar refractivity (Wildman–Crippen MR) is 143 cm³/mol. The molecule has 1 aromatic heterocycles. The summed E-state index contributed by atoms with van der Waals surface area (Å²) in [4.78, 5) is 16.3. The zero-order valence-corrected chi connectivity index (χ0v) is 21.6. The number of esters is 1. The Kier molecular flexibility index (Phi) is 7.31. The molecule has 0 atom stereocenters. The van der Waals surface area contributed by atoms with Crippen LogP contribution in [0.3, 0.4) is 0 Å². The molecule has 0 saturated heterocycles. The van der Waals surface area contributed by atoms with Gasteiger partial charge >= 0.3 is 5.97 Å². The van der Waals surface area contributed by atoms with E-state index in [9.17, 15) is 13.6 Å². The Morgan fingerprint density at radius 2 is 1.63 bits per heavy atom. The summed E-state index contributed by atoms with van der Waals surface area (Å²) in [6, 6.07) is 21.4. The second kappa shape index (κ2) is 10.8. The van der Waals surface area contributed by atoms with Crippen LogP contribution in [0.2, 0.25) is 10.0 Å². The molecule has 38 heavy (non-hydrogen) atoms. The van der Waals surface area contributed by atoms with E-state index in [0.29, 0.717) is 50.3 Å². The summed E-state index contributed by atoms with van der Waals surface area (Å²) >= 11 is 12.5. The summed E-state index contributed by atoms with van der Waals surface area (Å²) in [7, 11) is 1.32. The van der Waals surface area contributed by atoms with Crippen LogP contribution in [0.15, 0.2) is 78.9 Å². The molecule has 4 aromatic carbocycles. The van der Waals surface area contributed by atoms with Crippen LogP contribution < -0.4 is 4.74 Å². The number of methoxy groups -OCH3 is 1. The number of nitrogens with zero attached hydrogens (tertiary/aromatic N) is 2. The van der Waals surface area contributed by atoms with Crippen LogP contribution >= 0.6 is 23.2 Å². The average Bonchev–Trinajstić information content (AvgIpc) is 3.24. The summed E-state index contributed by atoms with van der Waals surface area (Å²) in [6.45, 7) is 0.473. The zero-order valence-electron chi connectivity index (χ0n) is 20.1. The Labute approximate surface area is 227 Å². The van der Waals surface area contributed by atoms with Crippen molar-refractivity contribution in [3.05, 3.63) is 117 Å². The van der Waals surface area contributed by atoms with E-state index in [1.54, 1.807) is 59.2 Å². The lowest BCUT2D eigenvalue weighted by atomic mass is 10.1. The van der Waals surface area contributed by atoms with E-state index in [2.05, 4.69) is 4.98 Å². The van der Waals surface area contributed by atoms with Gasteiger partial charge in [-0.25, -0.2) is 18.6 Å². The number of hydrogen-bond donors (Lipinski definition) is 0. The Bertz CT molecular complexity index is 1650. The first-order chi connectivity index (χ1) is 18.3. The summed E-state index contributed by atoms with van der Waals surface area (Å²) in [5.41, 5.74) is 3.37. The number of hydrogen-bond acceptors (Lipinski definition) is 4. The number of rotatable bonds is 7. The van der Waals surface area contributed by atoms with Crippen LogP contribution in [0.1, 0.15) is 21.5 Å². The fourth-order valence-electron chi connectivity index (χ4n) is 4.12. The highest BCUT2D eigenvalue weighted by Gasteiger charge is 2.20. The van der Waals surface area contributed by atoms with Gasteiger partial charge in [-0.3, -0.25) is 0 Å². The monoisotopic (exact) mass is 552 g/mol. The maximum Gasteiger partial charge on any atom is 0.337 e. The maximum atomic E-state index is 14.3. The zero-order chi connectivity index (χ0) is 26.8. The molecule has 0 spiro atoms. The number of benzene rings is 4. The van der Waals surface area contributed by atoms with Crippen molar-refractivity contribution in [3.8, 4) is 17.1 Å². The van der Waals surface area contributed by atoms with Crippen LogP contribution in [-0.4, -0.2) is 22.6 Å². The maximum absolute atomic E-state index is 14.3. The fraction of sp³-hybridized carbons (Fsp3) is 0.103. The van der Waals surface area contributed by atoms with E-state index in [1.807, 2.05) is 12.1 Å². The molecule has 0 bridgehead atoms. The molecule has 0 amide bonds. The van der Waals surface area contributed by atoms with Crippen molar-refractivity contribution in [2.75, 3.05) is 7.11 Å². The van der Waals surface area contributed by atoms with Crippen LogP contribution in [-0.2, 0) is 17.9 Å². The molecule has 0 aliphatic carbocycles. The Morgan fingerprint density at radius 3 is 2.37 bits per heavy atom. The van der Waals surface area contributed by atoms with Crippen molar-refractivity contribution in [2.45, 2.75) is 13.2 Å². The number of aromatic nitrogens is 2. The minimum absolute atomic E-state index is 0.173. The number of carbonyl (C=O) groups is 1. The highest BCUT2D eigenvalue weighted by Crippen LogP contribution is 2.36. The second-order valence-electron chi connectivity index (χ2n) is 8.52. The van der Waals surface area contributed by atoms with E-state index < -0.39 is 17.6 Å². The quantitative estimate of drug-likeness (QED) is 0.194. The normalized spacial score (nSPS) is 11.1. The van der Waals surface area contributed by atoms with Crippen molar-refractivity contribution in [1.82, 2.24) is 9.55 Å². The molecule has 9 heteroatoms. The minimum atomic E-state index is -0.987. The SMILES string of the molecule is COC(=O)c1ccc(COc2cc(Cl)ccc2-c2nc3cc(F)c(F)cc3n2Cc2cccc(Cl)c2)cc1. The highest BCUT2D eigenvalue weighted by atomic mass is 35.5. The molecule has 5 aromatic rings. The summed E-state index contributed by atoms with van der Waals surface area (Å²) in [5.74, 6) is -1.52. The van der Waals surface area contributed by atoms with E-state index >= 15 is 0 Å². The van der Waals surface area contributed by atoms with Crippen LogP contribution in [0.25, 0.3) is 22.4 Å². The van der Waals surface area contributed by atoms with Crippen LogP contribution in [0.5, 0.6) is 5.75 Å². The van der Waals surface area contributed by atoms with Crippen LogP contribution in [0, 0.1) is 11.6 Å². The Balaban J connectivity index is 1.56. The van der Waals surface area contributed by atoms with Gasteiger partial charge in [0.25, 0.3) is 0 Å². The van der Waals surface area contributed by atoms with Crippen molar-refractivity contribution in [3.63, 3.8) is 0 Å². The van der Waals surface area contributed by atoms with Gasteiger partial charge in [-0.2, -0.15) is 0 Å². The number of fused-ring (bicyclic) bond motifs is 1. The largest absolute Gasteiger partial charge is 0.488 e. The molecule has 192 valence electrons. The number of carbonyl (C=O) groups excluding carboxylic acids is 1. The van der Waals surface area contributed by atoms with Crippen molar-refractivity contribution in [2.24, 2.45) is 0 Å². The Morgan fingerprint density at radius 1 is 0.895 bits per heavy atom. The molecule has 0 aliphatic heterocycles. The van der Waals surface area contributed by atoms with Crippen LogP contribution in [0.4, 0.5) is 8.78 Å². The highest BCUT2D eigenvalue weighted by molar-refractivity contribution is 6.31. The Hall–Kier alpha value is -3.94. The van der Waals surface area contributed by atoms with Gasteiger partial charge in [0.05, 0.1) is 29.3 Å². The van der Waals surface area contributed by atoms with Gasteiger partial charge < -0.3 is 14.0 Å². The lowest BCUT2D eigenvalue weighted by Crippen LogP contribution is -2.05. The molecule has 0 aliphatic rings. The van der Waals surface area contributed by atoms with E-state index in [0.717, 1.165) is 23.3 Å². The molecule has 5 nitrogen and oxygen atoms in total. The summed E-state index contributed by atoms with van der Waals surface area (Å²) in [6.07, 6.45) is 0. The topological polar surface area (TPSA) is 53.4 Å². The predicted octanol–water partition coefficient (Wildman–Crippen LogP) is 7.70. The molecule has 0 unspecified atom stereocenters. The molecular formula is C29H20Cl2F2N2O3. The molecule has 0 N–H and O–H groups in total. The first kappa shape index (κ1) is 25.7. The van der Waals surface area contributed by atoms with Gasteiger partial charge in [0.15, 0.2) is 11.6 Å². The summed E-state index contributed by atoms with van der Waals surface area (Å²) < 4.78 is 41.0. The van der Waals surface area contributed by atoms with E-state index in [4.69, 9.17) is 32.7 Å². The smallest absolute Gasteiger partial charge is 0.337 e. The van der Waals surface area contributed by atoms with Gasteiger partial charge in [-0.15, -0.1) is 0 Å². The summed E-state index contributed by atoms with van der Waals surface area (Å²) in [5, 5.41) is 0.999. The molecule has 1 heterocycles. The average molecular weight is 553 g/mol. The van der Waals surface area contributed by atoms with E-state index in [1.165, 1.54) is 7.11 Å². The fourth-order valence-corrected chi connectivity index (χ4v) is 4.49. The third-order valence-electron chi connectivity index (χ3n) is 5.97. The van der Waals surface area contributed by atoms with Crippen molar-refractivity contribution >= 4 is 40.2 Å². The second-order valence-corrected chi connectivity index (χ2v) is 9.40. The molecular weight excluding hydrogens is 533 g/mol. The van der Waals surface area contributed by atoms with Gasteiger partial charge in [-0.05, 0) is 53.6 Å². The molecule has 0 radical (unpaired) electrons. The van der Waals surface area contributed by atoms with Crippen molar-refractivity contribution < 1.29 is 23.0 Å². The van der Waals surface area contributed by atoms with Gasteiger partial charge in [0.2, 0.25) is 0 Å².